The molecular weight excluding hydrogens is 248 g/mol. The fourth-order valence-corrected chi connectivity index (χ4v) is 1.46. The molecule has 0 aliphatic carbocycles. The van der Waals surface area contributed by atoms with Crippen molar-refractivity contribution in [3.05, 3.63) is 35.9 Å². The van der Waals surface area contributed by atoms with Crippen LogP contribution in [0.3, 0.4) is 0 Å². The SMILES string of the molecule is CN[C@H](CO)C(=O)N(OCc1ccccc1)C(C)=O. The zero-order valence-electron chi connectivity index (χ0n) is 11.0. The molecule has 0 unspecified atom stereocenters. The summed E-state index contributed by atoms with van der Waals surface area (Å²) in [6, 6.07) is 8.32. The van der Waals surface area contributed by atoms with E-state index in [0.29, 0.717) is 5.06 Å². The van der Waals surface area contributed by atoms with E-state index in [4.69, 9.17) is 9.94 Å². The van der Waals surface area contributed by atoms with Gasteiger partial charge in [-0.1, -0.05) is 30.3 Å². The van der Waals surface area contributed by atoms with Gasteiger partial charge in [0.15, 0.2) is 0 Å². The van der Waals surface area contributed by atoms with Crippen molar-refractivity contribution in [2.75, 3.05) is 13.7 Å². The van der Waals surface area contributed by atoms with E-state index in [1.165, 1.54) is 14.0 Å². The first kappa shape index (κ1) is 15.3. The predicted octanol–water partition coefficient (Wildman–Crippen LogP) is 0.0736. The van der Waals surface area contributed by atoms with Crippen LogP contribution in [0.5, 0.6) is 0 Å². The Morgan fingerprint density at radius 3 is 2.47 bits per heavy atom. The fraction of sp³-hybridized carbons (Fsp3) is 0.385. The standard InChI is InChI=1S/C13H18N2O4/c1-10(17)15(13(18)12(8-16)14-2)19-9-11-6-4-3-5-7-11/h3-7,12,14,16H,8-9H2,1-2H3/t12-/m1/s1. The minimum atomic E-state index is -0.861. The van der Waals surface area contributed by atoms with E-state index in [1.807, 2.05) is 30.3 Å². The Balaban J connectivity index is 2.68. The van der Waals surface area contributed by atoms with Gasteiger partial charge in [-0.25, -0.2) is 0 Å². The van der Waals surface area contributed by atoms with Crippen LogP contribution >= 0.6 is 0 Å². The molecule has 6 heteroatoms. The second-order valence-electron chi connectivity index (χ2n) is 3.93. The molecule has 104 valence electrons. The van der Waals surface area contributed by atoms with Gasteiger partial charge in [0, 0.05) is 6.92 Å². The van der Waals surface area contributed by atoms with Crippen LogP contribution in [0.25, 0.3) is 0 Å². The Labute approximate surface area is 111 Å². The van der Waals surface area contributed by atoms with Gasteiger partial charge < -0.3 is 10.4 Å². The van der Waals surface area contributed by atoms with Gasteiger partial charge in [-0.05, 0) is 12.6 Å². The van der Waals surface area contributed by atoms with Crippen LogP contribution in [0.15, 0.2) is 30.3 Å². The molecule has 0 radical (unpaired) electrons. The average molecular weight is 266 g/mol. The molecule has 6 nitrogen and oxygen atoms in total. The lowest BCUT2D eigenvalue weighted by Crippen LogP contribution is -2.48. The maximum Gasteiger partial charge on any atom is 0.272 e. The molecule has 0 aliphatic rings. The van der Waals surface area contributed by atoms with E-state index in [9.17, 15) is 9.59 Å². The number of hydrogen-bond donors (Lipinski definition) is 2. The average Bonchev–Trinajstić information content (AvgIpc) is 2.41. The number of rotatable bonds is 6. The van der Waals surface area contributed by atoms with Crippen molar-refractivity contribution in [1.82, 2.24) is 10.4 Å². The molecule has 0 bridgehead atoms. The summed E-state index contributed by atoms with van der Waals surface area (Å²) in [6.45, 7) is 0.925. The highest BCUT2D eigenvalue weighted by molar-refractivity contribution is 5.95. The van der Waals surface area contributed by atoms with Crippen LogP contribution in [-0.4, -0.2) is 41.7 Å². The molecular formula is C13H18N2O4. The van der Waals surface area contributed by atoms with Crippen molar-refractivity contribution < 1.29 is 19.5 Å². The lowest BCUT2D eigenvalue weighted by atomic mass is 10.2. The number of carbonyl (C=O) groups is 2. The van der Waals surface area contributed by atoms with Crippen LogP contribution < -0.4 is 5.32 Å². The smallest absolute Gasteiger partial charge is 0.272 e. The topological polar surface area (TPSA) is 78.9 Å². The number of aliphatic hydroxyl groups is 1. The van der Waals surface area contributed by atoms with Crippen molar-refractivity contribution in [1.29, 1.82) is 0 Å². The monoisotopic (exact) mass is 266 g/mol. The third kappa shape index (κ3) is 4.44. The number of amides is 2. The number of nitrogens with one attached hydrogen (secondary N) is 1. The lowest BCUT2D eigenvalue weighted by molar-refractivity contribution is -0.199. The highest BCUT2D eigenvalue weighted by Crippen LogP contribution is 2.05. The number of hydroxylamine groups is 2. The van der Waals surface area contributed by atoms with Crippen molar-refractivity contribution in [3.8, 4) is 0 Å². The maximum absolute atomic E-state index is 11.9. The van der Waals surface area contributed by atoms with Gasteiger partial charge in [-0.2, -0.15) is 5.06 Å². The summed E-state index contributed by atoms with van der Waals surface area (Å²) in [5, 5.41) is 12.3. The summed E-state index contributed by atoms with van der Waals surface area (Å²) in [7, 11) is 1.52. The minimum absolute atomic E-state index is 0.105. The Bertz CT molecular complexity index is 418. The summed E-state index contributed by atoms with van der Waals surface area (Å²) in [5.74, 6) is -1.15. The fourth-order valence-electron chi connectivity index (χ4n) is 1.46. The van der Waals surface area contributed by atoms with Gasteiger partial charge >= 0.3 is 0 Å². The molecule has 2 amide bonds. The van der Waals surface area contributed by atoms with Gasteiger partial charge in [-0.3, -0.25) is 14.4 Å². The van der Waals surface area contributed by atoms with E-state index in [0.717, 1.165) is 5.56 Å². The Kier molecular flexibility index (Phi) is 6.14. The molecule has 1 rings (SSSR count). The highest BCUT2D eigenvalue weighted by atomic mass is 16.7. The van der Waals surface area contributed by atoms with Crippen LogP contribution in [0.1, 0.15) is 12.5 Å². The van der Waals surface area contributed by atoms with Crippen molar-refractivity contribution >= 4 is 11.8 Å². The molecule has 0 heterocycles. The predicted molar refractivity (Wildman–Crippen MR) is 68.7 cm³/mol. The van der Waals surface area contributed by atoms with E-state index in [2.05, 4.69) is 5.32 Å². The van der Waals surface area contributed by atoms with Gasteiger partial charge in [0.2, 0.25) is 5.91 Å². The molecule has 0 saturated carbocycles. The second kappa shape index (κ2) is 7.63. The number of likely N-dealkylation sites (N-methyl/N-ethyl adjacent to an activating group) is 1. The Morgan fingerprint density at radius 1 is 1.37 bits per heavy atom. The van der Waals surface area contributed by atoms with Gasteiger partial charge in [0.05, 0.1) is 6.61 Å². The molecule has 2 N–H and O–H groups in total. The molecule has 0 aromatic heterocycles. The molecule has 1 aromatic carbocycles. The molecule has 0 fully saturated rings. The number of benzene rings is 1. The minimum Gasteiger partial charge on any atom is -0.394 e. The number of hydrogen-bond acceptors (Lipinski definition) is 5. The van der Waals surface area contributed by atoms with E-state index < -0.39 is 24.5 Å². The number of imide groups is 1. The lowest BCUT2D eigenvalue weighted by Gasteiger charge is -2.22. The van der Waals surface area contributed by atoms with E-state index in [-0.39, 0.29) is 6.61 Å². The largest absolute Gasteiger partial charge is 0.394 e. The summed E-state index contributed by atoms with van der Waals surface area (Å²) in [6.07, 6.45) is 0. The summed E-state index contributed by atoms with van der Waals surface area (Å²) in [4.78, 5) is 28.6. The summed E-state index contributed by atoms with van der Waals surface area (Å²) >= 11 is 0. The van der Waals surface area contributed by atoms with Crippen molar-refractivity contribution in [2.45, 2.75) is 19.6 Å². The number of aliphatic hydroxyl groups excluding tert-OH is 1. The zero-order valence-corrected chi connectivity index (χ0v) is 11.0. The molecule has 0 saturated heterocycles. The van der Waals surface area contributed by atoms with Crippen LogP contribution in [0.2, 0.25) is 0 Å². The maximum atomic E-state index is 11.9. The molecule has 1 aromatic rings. The molecule has 19 heavy (non-hydrogen) atoms. The molecule has 0 spiro atoms. The van der Waals surface area contributed by atoms with Crippen molar-refractivity contribution in [2.24, 2.45) is 0 Å². The van der Waals surface area contributed by atoms with Crippen molar-refractivity contribution in [3.63, 3.8) is 0 Å². The molecule has 1 atom stereocenters. The third-order valence-electron chi connectivity index (χ3n) is 2.52. The van der Waals surface area contributed by atoms with Gasteiger partial charge in [-0.15, -0.1) is 0 Å². The van der Waals surface area contributed by atoms with E-state index in [1.54, 1.807) is 0 Å². The third-order valence-corrected chi connectivity index (χ3v) is 2.52. The summed E-state index contributed by atoms with van der Waals surface area (Å²) in [5.41, 5.74) is 0.839. The Morgan fingerprint density at radius 2 is 2.00 bits per heavy atom. The molecule has 0 aliphatic heterocycles. The quantitative estimate of drug-likeness (QED) is 0.713. The Hall–Kier alpha value is -1.76. The van der Waals surface area contributed by atoms with Gasteiger partial charge in [0.1, 0.15) is 12.6 Å². The number of nitrogens with zero attached hydrogens (tertiary/aromatic N) is 1. The normalized spacial score (nSPS) is 11.9. The van der Waals surface area contributed by atoms with Gasteiger partial charge in [0.25, 0.3) is 5.91 Å². The van der Waals surface area contributed by atoms with Crippen LogP contribution in [-0.2, 0) is 21.0 Å². The van der Waals surface area contributed by atoms with E-state index >= 15 is 0 Å². The summed E-state index contributed by atoms with van der Waals surface area (Å²) < 4.78 is 0. The first-order valence-electron chi connectivity index (χ1n) is 5.89. The van der Waals surface area contributed by atoms with Crippen LogP contribution in [0, 0.1) is 0 Å². The first-order valence-corrected chi connectivity index (χ1v) is 5.89. The zero-order chi connectivity index (χ0) is 14.3. The first-order chi connectivity index (χ1) is 9.10. The highest BCUT2D eigenvalue weighted by Gasteiger charge is 2.26. The van der Waals surface area contributed by atoms with Crippen LogP contribution in [0.4, 0.5) is 0 Å². The second-order valence-corrected chi connectivity index (χ2v) is 3.93. The number of carbonyl (C=O) groups excluding carboxylic acids is 2.